The van der Waals surface area contributed by atoms with Crippen molar-refractivity contribution in [1.82, 2.24) is 19.6 Å². The Labute approximate surface area is 249 Å². The Hall–Kier alpha value is -0.300. The molecule has 6 heteroatoms. The minimum absolute atomic E-state index is 0.129. The standard InChI is InChI=1S/C9H18FN.C9H19N.C8H16FN.C8H17N/c1-8(2,3)11-6-5-9(4,10)7-11;1-9(2,3)10-7-5-4-6-8-10;1-7(2,3)10-5-8(4,9)6-10;1-8(2,3)9-6-4-5-7-9/h5-7H2,1-4H3;4-8H2,1-3H3;5-6H2,1-4H3;4-7H2,1-3H3. The lowest BCUT2D eigenvalue weighted by atomic mass is 9.92. The van der Waals surface area contributed by atoms with E-state index >= 15 is 0 Å². The van der Waals surface area contributed by atoms with Crippen LogP contribution in [0.2, 0.25) is 0 Å². The molecule has 4 rings (SSSR count). The van der Waals surface area contributed by atoms with Crippen molar-refractivity contribution in [3.8, 4) is 0 Å². The molecule has 4 fully saturated rings. The second kappa shape index (κ2) is 14.4. The highest BCUT2D eigenvalue weighted by atomic mass is 19.1. The molecule has 0 bridgehead atoms. The molecular formula is C34H70F2N4. The van der Waals surface area contributed by atoms with Crippen LogP contribution in [-0.4, -0.2) is 105 Å². The molecule has 0 radical (unpaired) electrons. The summed E-state index contributed by atoms with van der Waals surface area (Å²) in [4.78, 5) is 9.48. The molecule has 0 aromatic carbocycles. The summed E-state index contributed by atoms with van der Waals surface area (Å²) in [5, 5.41) is 0. The highest BCUT2D eigenvalue weighted by Crippen LogP contribution is 2.31. The van der Waals surface area contributed by atoms with Crippen molar-refractivity contribution in [3.63, 3.8) is 0 Å². The predicted octanol–water partition coefficient (Wildman–Crippen LogP) is 8.20. The van der Waals surface area contributed by atoms with Gasteiger partial charge in [-0.15, -0.1) is 0 Å². The van der Waals surface area contributed by atoms with Crippen molar-refractivity contribution in [3.05, 3.63) is 0 Å². The van der Waals surface area contributed by atoms with Crippen LogP contribution in [0.5, 0.6) is 0 Å². The summed E-state index contributed by atoms with van der Waals surface area (Å²) in [5.41, 5.74) is -0.785. The number of halogens is 2. The van der Waals surface area contributed by atoms with E-state index in [-0.39, 0.29) is 11.1 Å². The zero-order valence-corrected chi connectivity index (χ0v) is 29.4. The van der Waals surface area contributed by atoms with Gasteiger partial charge in [0.25, 0.3) is 0 Å². The van der Waals surface area contributed by atoms with E-state index in [9.17, 15) is 8.78 Å². The molecular weight excluding hydrogens is 502 g/mol. The number of hydrogen-bond acceptors (Lipinski definition) is 4. The third-order valence-electron chi connectivity index (χ3n) is 8.72. The van der Waals surface area contributed by atoms with Crippen LogP contribution in [0, 0.1) is 0 Å². The SMILES string of the molecule is CC(C)(C)N1CCCC1.CC(C)(C)N1CCCCC1.CC1(F)CCN(C(C)(C)C)C1.CC1(F)CN(C(C)(C)C)C1. The molecule has 1 unspecified atom stereocenters. The van der Waals surface area contributed by atoms with Crippen molar-refractivity contribution >= 4 is 0 Å². The third kappa shape index (κ3) is 14.2. The Bertz CT molecular complexity index is 702. The fraction of sp³-hybridized carbons (Fsp3) is 1.00. The average molecular weight is 573 g/mol. The van der Waals surface area contributed by atoms with Crippen LogP contribution in [0.1, 0.15) is 135 Å². The molecule has 4 aliphatic rings. The number of piperidine rings is 1. The van der Waals surface area contributed by atoms with Crippen LogP contribution in [0.4, 0.5) is 8.78 Å². The Morgan fingerprint density at radius 2 is 0.700 bits per heavy atom. The van der Waals surface area contributed by atoms with Crippen LogP contribution >= 0.6 is 0 Å². The second-order valence-electron chi connectivity index (χ2n) is 17.3. The van der Waals surface area contributed by atoms with Crippen LogP contribution in [0.3, 0.4) is 0 Å². The van der Waals surface area contributed by atoms with E-state index in [0.29, 0.717) is 37.1 Å². The predicted molar refractivity (Wildman–Crippen MR) is 172 cm³/mol. The minimum atomic E-state index is -0.951. The molecule has 240 valence electrons. The van der Waals surface area contributed by atoms with Gasteiger partial charge < -0.3 is 0 Å². The van der Waals surface area contributed by atoms with E-state index in [1.807, 2.05) is 0 Å². The summed E-state index contributed by atoms with van der Waals surface area (Å²) in [5.74, 6) is 0. The monoisotopic (exact) mass is 573 g/mol. The van der Waals surface area contributed by atoms with Crippen molar-refractivity contribution in [1.29, 1.82) is 0 Å². The normalized spacial score (nSPS) is 27.0. The molecule has 0 spiro atoms. The smallest absolute Gasteiger partial charge is 0.133 e. The molecule has 0 aromatic heterocycles. The summed E-state index contributed by atoms with van der Waals surface area (Å²) in [6.07, 6.45) is 7.72. The van der Waals surface area contributed by atoms with Gasteiger partial charge in [0, 0.05) is 48.3 Å². The van der Waals surface area contributed by atoms with Gasteiger partial charge in [0.15, 0.2) is 0 Å². The van der Waals surface area contributed by atoms with Gasteiger partial charge in [0.05, 0.1) is 0 Å². The summed E-state index contributed by atoms with van der Waals surface area (Å²) in [6.45, 7) is 37.8. The number of rotatable bonds is 0. The van der Waals surface area contributed by atoms with Crippen molar-refractivity contribution in [2.24, 2.45) is 0 Å². The first-order valence-corrected chi connectivity index (χ1v) is 16.2. The molecule has 0 aromatic rings. The van der Waals surface area contributed by atoms with Gasteiger partial charge >= 0.3 is 0 Å². The quantitative estimate of drug-likeness (QED) is 0.290. The first kappa shape index (κ1) is 37.7. The van der Waals surface area contributed by atoms with Gasteiger partial charge in [0.1, 0.15) is 11.3 Å². The van der Waals surface area contributed by atoms with Crippen LogP contribution < -0.4 is 0 Å². The van der Waals surface area contributed by atoms with Gasteiger partial charge in [-0.05, 0) is 155 Å². The first-order valence-electron chi connectivity index (χ1n) is 16.2. The maximum Gasteiger partial charge on any atom is 0.133 e. The maximum absolute atomic E-state index is 13.3. The third-order valence-corrected chi connectivity index (χ3v) is 8.72. The van der Waals surface area contributed by atoms with Crippen LogP contribution in [-0.2, 0) is 0 Å². The van der Waals surface area contributed by atoms with Gasteiger partial charge in [-0.2, -0.15) is 0 Å². The Kier molecular flexibility index (Phi) is 13.6. The lowest BCUT2D eigenvalue weighted by Gasteiger charge is -2.49. The molecule has 0 saturated carbocycles. The zero-order valence-electron chi connectivity index (χ0n) is 29.4. The average Bonchev–Trinajstić information content (AvgIpc) is 3.42. The van der Waals surface area contributed by atoms with Gasteiger partial charge in [-0.1, -0.05) is 6.42 Å². The number of alkyl halides is 2. The number of likely N-dealkylation sites (tertiary alicyclic amines) is 4. The van der Waals surface area contributed by atoms with E-state index < -0.39 is 11.3 Å². The molecule has 4 saturated heterocycles. The first-order chi connectivity index (χ1) is 17.8. The van der Waals surface area contributed by atoms with Crippen molar-refractivity contribution in [2.45, 2.75) is 169 Å². The van der Waals surface area contributed by atoms with E-state index in [1.165, 1.54) is 58.3 Å². The Morgan fingerprint density at radius 1 is 0.400 bits per heavy atom. The van der Waals surface area contributed by atoms with E-state index in [4.69, 9.17) is 0 Å². The lowest BCUT2D eigenvalue weighted by Crippen LogP contribution is -2.63. The summed E-state index contributed by atoms with van der Waals surface area (Å²) >= 11 is 0. The van der Waals surface area contributed by atoms with Crippen molar-refractivity contribution < 1.29 is 8.78 Å². The van der Waals surface area contributed by atoms with E-state index in [0.717, 1.165) is 6.54 Å². The van der Waals surface area contributed by atoms with E-state index in [2.05, 4.69) is 103 Å². The minimum Gasteiger partial charge on any atom is -0.298 e. The fourth-order valence-electron chi connectivity index (χ4n) is 5.67. The lowest BCUT2D eigenvalue weighted by molar-refractivity contribution is -0.0681. The van der Waals surface area contributed by atoms with Crippen LogP contribution in [0.15, 0.2) is 0 Å². The Morgan fingerprint density at radius 3 is 0.875 bits per heavy atom. The molecule has 0 aliphatic carbocycles. The second-order valence-corrected chi connectivity index (χ2v) is 17.3. The van der Waals surface area contributed by atoms with Crippen molar-refractivity contribution in [2.75, 3.05) is 52.4 Å². The van der Waals surface area contributed by atoms with Crippen LogP contribution in [0.25, 0.3) is 0 Å². The molecule has 1 atom stereocenters. The van der Waals surface area contributed by atoms with Gasteiger partial charge in [-0.25, -0.2) is 8.78 Å². The summed E-state index contributed by atoms with van der Waals surface area (Å²) in [6, 6.07) is 0. The highest BCUT2D eigenvalue weighted by Gasteiger charge is 2.43. The Balaban J connectivity index is 0.000000267. The molecule has 4 nitrogen and oxygen atoms in total. The van der Waals surface area contributed by atoms with Gasteiger partial charge in [0.2, 0.25) is 0 Å². The molecule has 0 amide bonds. The summed E-state index contributed by atoms with van der Waals surface area (Å²) in [7, 11) is 0. The molecule has 4 heterocycles. The largest absolute Gasteiger partial charge is 0.298 e. The van der Waals surface area contributed by atoms with Gasteiger partial charge in [-0.3, -0.25) is 19.6 Å². The topological polar surface area (TPSA) is 13.0 Å². The summed E-state index contributed by atoms with van der Waals surface area (Å²) < 4.78 is 26.3. The highest BCUT2D eigenvalue weighted by molar-refractivity contribution is 4.97. The fourth-order valence-corrected chi connectivity index (χ4v) is 5.67. The number of hydrogen-bond donors (Lipinski definition) is 0. The van der Waals surface area contributed by atoms with E-state index in [1.54, 1.807) is 13.8 Å². The number of nitrogens with zero attached hydrogens (tertiary/aromatic N) is 4. The maximum atomic E-state index is 13.3. The molecule has 40 heavy (non-hydrogen) atoms. The molecule has 0 N–H and O–H groups in total. The zero-order chi connectivity index (χ0) is 31.2. The molecule has 4 aliphatic heterocycles.